The van der Waals surface area contributed by atoms with Crippen LogP contribution in [0.25, 0.3) is 26.1 Å². The lowest BCUT2D eigenvalue weighted by molar-refractivity contribution is 0.311. The number of nitrogens with zero attached hydrogens (tertiary/aromatic N) is 3. The average Bonchev–Trinajstić information content (AvgIpc) is 3.02. The van der Waals surface area contributed by atoms with Gasteiger partial charge in [-0.3, -0.25) is 9.36 Å². The van der Waals surface area contributed by atoms with Gasteiger partial charge < -0.3 is 10.4 Å². The fraction of sp³-hybridized carbons (Fsp3) is 0.167. The summed E-state index contributed by atoms with van der Waals surface area (Å²) in [4.78, 5) is 22.7. The minimum atomic E-state index is -0.119. The highest BCUT2D eigenvalue weighted by molar-refractivity contribution is 9.10. The summed E-state index contributed by atoms with van der Waals surface area (Å²) in [5.41, 5.74) is 3.19. The van der Waals surface area contributed by atoms with Crippen LogP contribution in [0.4, 0.5) is 5.69 Å². The lowest BCUT2D eigenvalue weighted by atomic mass is 10.2. The molecular weight excluding hydrogens is 416 g/mol. The van der Waals surface area contributed by atoms with Crippen molar-refractivity contribution in [2.24, 2.45) is 0 Å². The highest BCUT2D eigenvalue weighted by Crippen LogP contribution is 2.38. The summed E-state index contributed by atoms with van der Waals surface area (Å²) in [6, 6.07) is 7.74. The maximum absolute atomic E-state index is 13.0. The predicted octanol–water partition coefficient (Wildman–Crippen LogP) is 3.47. The van der Waals surface area contributed by atoms with E-state index in [0.29, 0.717) is 16.8 Å². The van der Waals surface area contributed by atoms with E-state index < -0.39 is 0 Å². The molecule has 1 aromatic carbocycles. The summed E-state index contributed by atoms with van der Waals surface area (Å²) < 4.78 is 2.87. The molecule has 3 aromatic heterocycles. The Hall–Kier alpha value is -2.29. The number of aryl methyl sites for hydroxylation is 1. The van der Waals surface area contributed by atoms with Gasteiger partial charge in [0.25, 0.3) is 5.56 Å². The Morgan fingerprint density at radius 1 is 1.27 bits per heavy atom. The molecular formula is C18H15BrN4O2S. The van der Waals surface area contributed by atoms with Crippen LogP contribution in [0.2, 0.25) is 0 Å². The fourth-order valence-corrected chi connectivity index (χ4v) is 4.29. The number of fused-ring (bicyclic) bond motifs is 3. The van der Waals surface area contributed by atoms with E-state index in [2.05, 4.69) is 31.2 Å². The van der Waals surface area contributed by atoms with Crippen LogP contribution in [0, 0.1) is 6.92 Å². The van der Waals surface area contributed by atoms with E-state index in [1.807, 2.05) is 31.2 Å². The number of aliphatic hydroxyl groups is 1. The van der Waals surface area contributed by atoms with Crippen LogP contribution in [-0.4, -0.2) is 32.8 Å². The van der Waals surface area contributed by atoms with Crippen LogP contribution >= 0.6 is 27.3 Å². The minimum Gasteiger partial charge on any atom is -0.395 e. The molecule has 8 heteroatoms. The third-order valence-corrected chi connectivity index (χ3v) is 5.77. The van der Waals surface area contributed by atoms with Crippen LogP contribution in [0.1, 0.15) is 5.56 Å². The van der Waals surface area contributed by atoms with Crippen LogP contribution in [-0.2, 0) is 0 Å². The summed E-state index contributed by atoms with van der Waals surface area (Å²) in [7, 11) is 0. The monoisotopic (exact) mass is 430 g/mol. The molecule has 132 valence electrons. The highest BCUT2D eigenvalue weighted by atomic mass is 79.9. The van der Waals surface area contributed by atoms with E-state index in [4.69, 9.17) is 5.11 Å². The molecule has 4 rings (SSSR count). The number of thiophene rings is 1. The maximum atomic E-state index is 13.0. The smallest absolute Gasteiger partial charge is 0.275 e. The zero-order valence-electron chi connectivity index (χ0n) is 13.9. The largest absolute Gasteiger partial charge is 0.395 e. The van der Waals surface area contributed by atoms with Crippen molar-refractivity contribution in [1.29, 1.82) is 0 Å². The molecule has 26 heavy (non-hydrogen) atoms. The summed E-state index contributed by atoms with van der Waals surface area (Å²) in [6.07, 6.45) is 3.24. The lowest BCUT2D eigenvalue weighted by Gasteiger charge is -2.09. The molecule has 0 saturated heterocycles. The molecule has 0 radical (unpaired) electrons. The van der Waals surface area contributed by atoms with Gasteiger partial charge in [-0.05, 0) is 35.0 Å². The topological polar surface area (TPSA) is 80.0 Å². The summed E-state index contributed by atoms with van der Waals surface area (Å²) in [5, 5.41) is 13.1. The van der Waals surface area contributed by atoms with Crippen LogP contribution in [0.3, 0.4) is 0 Å². The second kappa shape index (κ2) is 6.79. The van der Waals surface area contributed by atoms with Gasteiger partial charge in [-0.1, -0.05) is 17.7 Å². The quantitative estimate of drug-likeness (QED) is 0.517. The molecule has 0 amide bonds. The maximum Gasteiger partial charge on any atom is 0.275 e. The van der Waals surface area contributed by atoms with Gasteiger partial charge in [0.05, 0.1) is 27.8 Å². The molecule has 0 saturated carbocycles. The molecule has 0 spiro atoms. The molecule has 0 aliphatic rings. The normalized spacial score (nSPS) is 11.3. The van der Waals surface area contributed by atoms with Crippen molar-refractivity contribution in [3.63, 3.8) is 0 Å². The molecule has 0 unspecified atom stereocenters. The number of aromatic nitrogens is 3. The number of halogens is 1. The zero-order valence-corrected chi connectivity index (χ0v) is 16.3. The van der Waals surface area contributed by atoms with Gasteiger partial charge in [0.2, 0.25) is 0 Å². The predicted molar refractivity (Wildman–Crippen MR) is 109 cm³/mol. The minimum absolute atomic E-state index is 0.00594. The van der Waals surface area contributed by atoms with Crippen molar-refractivity contribution in [3.05, 3.63) is 57.2 Å². The number of hydrogen-bond acceptors (Lipinski definition) is 6. The number of anilines is 1. The first-order valence-electron chi connectivity index (χ1n) is 8.00. The third-order valence-electron chi connectivity index (χ3n) is 4.09. The van der Waals surface area contributed by atoms with Gasteiger partial charge >= 0.3 is 0 Å². The second-order valence-corrected chi connectivity index (χ2v) is 7.70. The summed E-state index contributed by atoms with van der Waals surface area (Å²) in [6.45, 7) is 2.41. The van der Waals surface area contributed by atoms with Crippen molar-refractivity contribution in [2.45, 2.75) is 6.92 Å². The summed E-state index contributed by atoms with van der Waals surface area (Å²) in [5.74, 6) is 0. The fourth-order valence-electron chi connectivity index (χ4n) is 2.81. The van der Waals surface area contributed by atoms with E-state index in [1.165, 1.54) is 11.3 Å². The Kier molecular flexibility index (Phi) is 4.47. The zero-order chi connectivity index (χ0) is 18.3. The van der Waals surface area contributed by atoms with Crippen LogP contribution in [0.15, 0.2) is 46.1 Å². The van der Waals surface area contributed by atoms with Crippen molar-refractivity contribution < 1.29 is 5.11 Å². The van der Waals surface area contributed by atoms with Gasteiger partial charge in [-0.15, -0.1) is 11.3 Å². The Balaban J connectivity index is 1.98. The van der Waals surface area contributed by atoms with E-state index in [9.17, 15) is 4.79 Å². The van der Waals surface area contributed by atoms with E-state index in [0.717, 1.165) is 31.6 Å². The molecule has 2 N–H and O–H groups in total. The molecule has 0 bridgehead atoms. The Bertz CT molecular complexity index is 1170. The van der Waals surface area contributed by atoms with E-state index >= 15 is 0 Å². The molecule has 0 atom stereocenters. The first-order valence-corrected chi connectivity index (χ1v) is 9.61. The standard InChI is InChI=1S/C18H15BrN4O2S/c1-10-2-4-11(5-3-10)23-9-22-15-13-14(20-6-7-24)12(19)8-21-17(13)26-16(15)18(23)25/h2-5,8-9,24H,6-7H2,1H3,(H,20,21). The van der Waals surface area contributed by atoms with Crippen molar-refractivity contribution in [2.75, 3.05) is 18.5 Å². The molecule has 3 heterocycles. The number of aliphatic hydroxyl groups excluding tert-OH is 1. The van der Waals surface area contributed by atoms with Crippen LogP contribution < -0.4 is 10.9 Å². The molecule has 0 fully saturated rings. The molecule has 4 aromatic rings. The molecule has 0 aliphatic carbocycles. The Labute approximate surface area is 161 Å². The van der Waals surface area contributed by atoms with Gasteiger partial charge in [0, 0.05) is 12.7 Å². The SMILES string of the molecule is Cc1ccc(-n2cnc3c(sc4ncc(Br)c(NCCO)c43)c2=O)cc1. The van der Waals surface area contributed by atoms with Gasteiger partial charge in [0.1, 0.15) is 21.4 Å². The summed E-state index contributed by atoms with van der Waals surface area (Å²) >= 11 is 4.81. The third kappa shape index (κ3) is 2.80. The number of nitrogens with one attached hydrogen (secondary N) is 1. The number of pyridine rings is 1. The second-order valence-electron chi connectivity index (χ2n) is 5.85. The Morgan fingerprint density at radius 3 is 2.77 bits per heavy atom. The first-order chi connectivity index (χ1) is 12.6. The molecule has 6 nitrogen and oxygen atoms in total. The first kappa shape index (κ1) is 17.1. The van der Waals surface area contributed by atoms with Crippen LogP contribution in [0.5, 0.6) is 0 Å². The van der Waals surface area contributed by atoms with Gasteiger partial charge in [0.15, 0.2) is 0 Å². The van der Waals surface area contributed by atoms with E-state index in [1.54, 1.807) is 17.1 Å². The van der Waals surface area contributed by atoms with Gasteiger partial charge in [-0.2, -0.15) is 0 Å². The number of rotatable bonds is 4. The molecule has 0 aliphatic heterocycles. The van der Waals surface area contributed by atoms with Gasteiger partial charge in [-0.25, -0.2) is 9.97 Å². The van der Waals surface area contributed by atoms with Crippen molar-refractivity contribution in [1.82, 2.24) is 14.5 Å². The Morgan fingerprint density at radius 2 is 2.04 bits per heavy atom. The van der Waals surface area contributed by atoms with E-state index in [-0.39, 0.29) is 12.2 Å². The van der Waals surface area contributed by atoms with Crippen molar-refractivity contribution >= 4 is 53.4 Å². The number of hydrogen-bond donors (Lipinski definition) is 2. The number of benzene rings is 1. The highest BCUT2D eigenvalue weighted by Gasteiger charge is 2.18. The van der Waals surface area contributed by atoms with Crippen molar-refractivity contribution in [3.8, 4) is 5.69 Å². The average molecular weight is 431 g/mol. The lowest BCUT2D eigenvalue weighted by Crippen LogP contribution is -2.17.